The summed E-state index contributed by atoms with van der Waals surface area (Å²) in [6, 6.07) is 0. The number of carbonyl (C=O) groups is 1. The fourth-order valence-corrected chi connectivity index (χ4v) is 0.595. The first kappa shape index (κ1) is 7.33. The molecule has 56 valence electrons. The van der Waals surface area contributed by atoms with Crippen LogP contribution in [0.2, 0.25) is 0 Å². The van der Waals surface area contributed by atoms with Gasteiger partial charge < -0.3 is 5.73 Å². The van der Waals surface area contributed by atoms with Gasteiger partial charge in [0.15, 0.2) is 12.1 Å². The van der Waals surface area contributed by atoms with Crippen molar-refractivity contribution in [2.45, 2.75) is 0 Å². The minimum absolute atomic E-state index is 0.189. The molecule has 0 aliphatic carbocycles. The van der Waals surface area contributed by atoms with Crippen molar-refractivity contribution in [3.05, 3.63) is 18.1 Å². The van der Waals surface area contributed by atoms with E-state index in [1.54, 1.807) is 0 Å². The molecule has 1 aromatic heterocycles. The molecule has 2 N–H and O–H groups in total. The van der Waals surface area contributed by atoms with Crippen molar-refractivity contribution in [2.75, 3.05) is 0 Å². The molecule has 0 amide bonds. The molecular formula is C6H6N4O. The van der Waals surface area contributed by atoms with Crippen LogP contribution in [0.3, 0.4) is 0 Å². The highest BCUT2D eigenvalue weighted by molar-refractivity contribution is 5.79. The van der Waals surface area contributed by atoms with Crippen LogP contribution < -0.4 is 5.73 Å². The van der Waals surface area contributed by atoms with E-state index in [0.29, 0.717) is 6.29 Å². The smallest absolute Gasteiger partial charge is 0.182 e. The summed E-state index contributed by atoms with van der Waals surface area (Å²) in [4.78, 5) is 21.4. The Bertz CT molecular complexity index is 284. The van der Waals surface area contributed by atoms with E-state index in [1.807, 2.05) is 0 Å². The molecule has 0 spiro atoms. The minimum Gasteiger partial charge on any atom is -0.390 e. The lowest BCUT2D eigenvalue weighted by atomic mass is 10.4. The normalized spacial score (nSPS) is 10.2. The van der Waals surface area contributed by atoms with Crippen LogP contribution >= 0.6 is 0 Å². The minimum atomic E-state index is 0.189. The summed E-state index contributed by atoms with van der Waals surface area (Å²) in [5.74, 6) is 0.241. The van der Waals surface area contributed by atoms with Crippen LogP contribution in [0.15, 0.2) is 17.4 Å². The number of aliphatic imine (C=N–C) groups is 1. The van der Waals surface area contributed by atoms with Gasteiger partial charge in [-0.15, -0.1) is 0 Å². The summed E-state index contributed by atoms with van der Waals surface area (Å²) < 4.78 is 0. The Morgan fingerprint density at radius 3 is 2.82 bits per heavy atom. The first-order valence-electron chi connectivity index (χ1n) is 2.89. The van der Waals surface area contributed by atoms with Crippen LogP contribution in [0, 0.1) is 0 Å². The van der Waals surface area contributed by atoms with Crippen LogP contribution in [0.5, 0.6) is 0 Å². The predicted molar refractivity (Wildman–Crippen MR) is 39.8 cm³/mol. The highest BCUT2D eigenvalue weighted by Gasteiger charge is 1.98. The van der Waals surface area contributed by atoms with E-state index in [9.17, 15) is 4.79 Å². The third-order valence-corrected chi connectivity index (χ3v) is 1.01. The molecule has 0 atom stereocenters. The van der Waals surface area contributed by atoms with Crippen molar-refractivity contribution in [2.24, 2.45) is 10.7 Å². The first-order valence-corrected chi connectivity index (χ1v) is 2.89. The average Bonchev–Trinajstić information content (AvgIpc) is 2.06. The third-order valence-electron chi connectivity index (χ3n) is 1.01. The first-order chi connectivity index (χ1) is 5.38. The van der Waals surface area contributed by atoms with E-state index in [0.717, 1.165) is 6.34 Å². The molecule has 0 aromatic carbocycles. The molecule has 0 radical (unpaired) electrons. The van der Waals surface area contributed by atoms with Crippen molar-refractivity contribution in [3.8, 4) is 0 Å². The number of aldehydes is 1. The number of carbonyl (C=O) groups excluding carboxylic acids is 1. The average molecular weight is 150 g/mol. The Labute approximate surface area is 63.0 Å². The SMILES string of the molecule is NC=Nc1nccnc1C=O. The van der Waals surface area contributed by atoms with E-state index < -0.39 is 0 Å². The zero-order valence-electron chi connectivity index (χ0n) is 5.64. The third kappa shape index (κ3) is 1.57. The highest BCUT2D eigenvalue weighted by Crippen LogP contribution is 2.07. The quantitative estimate of drug-likeness (QED) is 0.363. The van der Waals surface area contributed by atoms with Crippen LogP contribution in [-0.4, -0.2) is 22.6 Å². The molecule has 11 heavy (non-hydrogen) atoms. The van der Waals surface area contributed by atoms with E-state index in [2.05, 4.69) is 15.0 Å². The summed E-state index contributed by atoms with van der Waals surface area (Å²) in [5, 5.41) is 0. The molecule has 0 saturated carbocycles. The van der Waals surface area contributed by atoms with E-state index in [-0.39, 0.29) is 11.5 Å². The fraction of sp³-hybridized carbons (Fsp3) is 0. The van der Waals surface area contributed by atoms with Gasteiger partial charge in [0.2, 0.25) is 0 Å². The number of nitrogens with zero attached hydrogens (tertiary/aromatic N) is 3. The van der Waals surface area contributed by atoms with Gasteiger partial charge in [-0.05, 0) is 0 Å². The molecule has 0 fully saturated rings. The van der Waals surface area contributed by atoms with Gasteiger partial charge in [0.05, 0.1) is 6.34 Å². The van der Waals surface area contributed by atoms with Crippen molar-refractivity contribution < 1.29 is 4.79 Å². The van der Waals surface area contributed by atoms with Gasteiger partial charge >= 0.3 is 0 Å². The second-order valence-corrected chi connectivity index (χ2v) is 1.66. The zero-order valence-corrected chi connectivity index (χ0v) is 5.64. The van der Waals surface area contributed by atoms with E-state index >= 15 is 0 Å². The van der Waals surface area contributed by atoms with Crippen molar-refractivity contribution >= 4 is 18.4 Å². The molecule has 0 unspecified atom stereocenters. The van der Waals surface area contributed by atoms with Gasteiger partial charge in [-0.1, -0.05) is 0 Å². The summed E-state index contributed by atoms with van der Waals surface area (Å²) in [6.45, 7) is 0. The Morgan fingerprint density at radius 2 is 2.18 bits per heavy atom. The van der Waals surface area contributed by atoms with Gasteiger partial charge in [-0.3, -0.25) is 4.79 Å². The van der Waals surface area contributed by atoms with Crippen LogP contribution in [0.25, 0.3) is 0 Å². The van der Waals surface area contributed by atoms with E-state index in [1.165, 1.54) is 12.4 Å². The standard InChI is InChI=1S/C6H6N4O/c7-4-10-6-5(3-11)8-1-2-9-6/h1-4H,(H2,7,9,10). The lowest BCUT2D eigenvalue weighted by molar-refractivity contribution is 0.111. The summed E-state index contributed by atoms with van der Waals surface area (Å²) in [7, 11) is 0. The molecule has 1 aromatic rings. The number of rotatable bonds is 2. The Kier molecular flexibility index (Phi) is 2.27. The molecule has 1 rings (SSSR count). The Balaban J connectivity index is 3.11. The molecule has 5 heteroatoms. The van der Waals surface area contributed by atoms with Crippen molar-refractivity contribution in [1.29, 1.82) is 0 Å². The number of hydrogen-bond acceptors (Lipinski definition) is 4. The van der Waals surface area contributed by atoms with Gasteiger partial charge in [0, 0.05) is 12.4 Å². The summed E-state index contributed by atoms with van der Waals surface area (Å²) >= 11 is 0. The second-order valence-electron chi connectivity index (χ2n) is 1.66. The summed E-state index contributed by atoms with van der Waals surface area (Å²) in [6.07, 6.45) is 4.50. The lowest BCUT2D eigenvalue weighted by Gasteiger charge is -1.92. The van der Waals surface area contributed by atoms with Gasteiger partial charge in [-0.2, -0.15) is 0 Å². The second kappa shape index (κ2) is 3.40. The van der Waals surface area contributed by atoms with Gasteiger partial charge in [0.25, 0.3) is 0 Å². The Hall–Kier alpha value is -1.78. The van der Waals surface area contributed by atoms with Crippen LogP contribution in [-0.2, 0) is 0 Å². The lowest BCUT2D eigenvalue weighted by Crippen LogP contribution is -1.92. The van der Waals surface area contributed by atoms with Crippen LogP contribution in [0.4, 0.5) is 5.82 Å². The Morgan fingerprint density at radius 1 is 1.45 bits per heavy atom. The van der Waals surface area contributed by atoms with Gasteiger partial charge in [0.1, 0.15) is 5.69 Å². The van der Waals surface area contributed by atoms with Crippen molar-refractivity contribution in [3.63, 3.8) is 0 Å². The molecule has 0 aliphatic heterocycles. The van der Waals surface area contributed by atoms with Crippen LogP contribution in [0.1, 0.15) is 10.5 Å². The topological polar surface area (TPSA) is 81.2 Å². The molecule has 0 saturated heterocycles. The molecule has 5 nitrogen and oxygen atoms in total. The largest absolute Gasteiger partial charge is 0.390 e. The maximum Gasteiger partial charge on any atom is 0.182 e. The van der Waals surface area contributed by atoms with E-state index in [4.69, 9.17) is 5.73 Å². The predicted octanol–water partition coefficient (Wildman–Crippen LogP) is -0.0924. The zero-order chi connectivity index (χ0) is 8.10. The summed E-state index contributed by atoms with van der Waals surface area (Å²) in [5.41, 5.74) is 5.20. The number of nitrogens with two attached hydrogens (primary N) is 1. The maximum absolute atomic E-state index is 10.3. The van der Waals surface area contributed by atoms with Gasteiger partial charge in [-0.25, -0.2) is 15.0 Å². The maximum atomic E-state index is 10.3. The number of hydrogen-bond donors (Lipinski definition) is 1. The van der Waals surface area contributed by atoms with Crippen molar-refractivity contribution in [1.82, 2.24) is 9.97 Å². The number of aromatic nitrogens is 2. The molecule has 0 aliphatic rings. The highest BCUT2D eigenvalue weighted by atomic mass is 16.1. The monoisotopic (exact) mass is 150 g/mol. The fourth-order valence-electron chi connectivity index (χ4n) is 0.595. The molecule has 1 heterocycles. The molecule has 0 bridgehead atoms. The molecular weight excluding hydrogens is 144 g/mol.